The quantitative estimate of drug-likeness (QED) is 0.693. The number of ether oxygens (including phenoxy) is 1. The van der Waals surface area contributed by atoms with Gasteiger partial charge in [-0.2, -0.15) is 0 Å². The van der Waals surface area contributed by atoms with Crippen molar-refractivity contribution in [1.82, 2.24) is 24.9 Å². The van der Waals surface area contributed by atoms with Gasteiger partial charge in [0.25, 0.3) is 0 Å². The number of nitrogens with one attached hydrogen (secondary N) is 1. The summed E-state index contributed by atoms with van der Waals surface area (Å²) in [5, 5.41) is 2.90. The normalized spacial score (nSPS) is 26.2. The molecule has 1 N–H and O–H groups in total. The highest BCUT2D eigenvalue weighted by atomic mass is 16.6. The maximum atomic E-state index is 12.3. The zero-order valence-corrected chi connectivity index (χ0v) is 16.4. The third-order valence-electron chi connectivity index (χ3n) is 6.06. The molecular formula is C18H33N5O3. The monoisotopic (exact) mass is 367 g/mol. The molecule has 148 valence electrons. The van der Waals surface area contributed by atoms with Crippen LogP contribution in [0.4, 0.5) is 4.79 Å². The van der Waals surface area contributed by atoms with E-state index in [2.05, 4.69) is 29.2 Å². The SMILES string of the molecule is CNCC(=O)N1CCC2(CC1)CN(CCN1CC[C@H](N(C)C)C1)C(=O)O2. The number of likely N-dealkylation sites (N-methyl/N-ethyl adjacent to an activating group) is 2. The molecule has 8 heteroatoms. The van der Waals surface area contributed by atoms with E-state index in [1.165, 1.54) is 6.42 Å². The van der Waals surface area contributed by atoms with Gasteiger partial charge in [0, 0.05) is 51.6 Å². The molecule has 0 aromatic heterocycles. The fourth-order valence-corrected chi connectivity index (χ4v) is 4.25. The van der Waals surface area contributed by atoms with Crippen molar-refractivity contribution < 1.29 is 14.3 Å². The second-order valence-corrected chi connectivity index (χ2v) is 8.09. The summed E-state index contributed by atoms with van der Waals surface area (Å²) < 4.78 is 5.77. The van der Waals surface area contributed by atoms with Crippen LogP contribution in [0.25, 0.3) is 0 Å². The van der Waals surface area contributed by atoms with Crippen molar-refractivity contribution in [3.8, 4) is 0 Å². The van der Waals surface area contributed by atoms with E-state index in [1.807, 2.05) is 9.80 Å². The Morgan fingerprint density at radius 1 is 1.27 bits per heavy atom. The van der Waals surface area contributed by atoms with Crippen LogP contribution in [-0.2, 0) is 9.53 Å². The van der Waals surface area contributed by atoms with E-state index in [-0.39, 0.29) is 12.0 Å². The molecule has 2 amide bonds. The highest BCUT2D eigenvalue weighted by molar-refractivity contribution is 5.78. The first kappa shape index (κ1) is 19.4. The predicted octanol–water partition coefficient (Wildman–Crippen LogP) is -0.345. The minimum absolute atomic E-state index is 0.119. The van der Waals surface area contributed by atoms with Gasteiger partial charge in [-0.3, -0.25) is 9.69 Å². The van der Waals surface area contributed by atoms with Crippen LogP contribution in [0.2, 0.25) is 0 Å². The van der Waals surface area contributed by atoms with Crippen LogP contribution in [0.15, 0.2) is 0 Å². The van der Waals surface area contributed by atoms with Crippen LogP contribution < -0.4 is 5.32 Å². The Morgan fingerprint density at radius 3 is 2.62 bits per heavy atom. The van der Waals surface area contributed by atoms with Crippen LogP contribution >= 0.6 is 0 Å². The molecule has 0 aromatic rings. The van der Waals surface area contributed by atoms with Crippen molar-refractivity contribution in [2.24, 2.45) is 0 Å². The molecule has 3 aliphatic heterocycles. The highest BCUT2D eigenvalue weighted by Gasteiger charge is 2.47. The first-order chi connectivity index (χ1) is 12.4. The fourth-order valence-electron chi connectivity index (χ4n) is 4.25. The zero-order valence-electron chi connectivity index (χ0n) is 16.4. The Morgan fingerprint density at radius 2 is 2.00 bits per heavy atom. The summed E-state index contributed by atoms with van der Waals surface area (Å²) in [5.74, 6) is 0.119. The Kier molecular flexibility index (Phi) is 6.04. The molecule has 26 heavy (non-hydrogen) atoms. The third-order valence-corrected chi connectivity index (χ3v) is 6.06. The van der Waals surface area contributed by atoms with Gasteiger partial charge in [-0.25, -0.2) is 4.79 Å². The topological polar surface area (TPSA) is 68.4 Å². The number of likely N-dealkylation sites (tertiary alicyclic amines) is 2. The van der Waals surface area contributed by atoms with E-state index in [4.69, 9.17) is 4.74 Å². The van der Waals surface area contributed by atoms with Gasteiger partial charge in [0.15, 0.2) is 0 Å². The van der Waals surface area contributed by atoms with Gasteiger partial charge in [-0.1, -0.05) is 0 Å². The molecule has 0 saturated carbocycles. The summed E-state index contributed by atoms with van der Waals surface area (Å²) in [7, 11) is 6.04. The molecule has 3 fully saturated rings. The molecule has 3 aliphatic rings. The number of carbonyl (C=O) groups is 2. The van der Waals surface area contributed by atoms with Crippen LogP contribution in [0.3, 0.4) is 0 Å². The van der Waals surface area contributed by atoms with E-state index in [1.54, 1.807) is 7.05 Å². The lowest BCUT2D eigenvalue weighted by Crippen LogP contribution is -2.50. The molecule has 1 atom stereocenters. The number of carbonyl (C=O) groups excluding carboxylic acids is 2. The second-order valence-electron chi connectivity index (χ2n) is 8.09. The van der Waals surface area contributed by atoms with Crippen LogP contribution in [0.1, 0.15) is 19.3 Å². The number of hydrogen-bond acceptors (Lipinski definition) is 6. The Bertz CT molecular complexity index is 519. The molecule has 0 bridgehead atoms. The third kappa shape index (κ3) is 4.29. The lowest BCUT2D eigenvalue weighted by Gasteiger charge is -2.37. The van der Waals surface area contributed by atoms with Crippen molar-refractivity contribution >= 4 is 12.0 Å². The van der Waals surface area contributed by atoms with Crippen molar-refractivity contribution in [3.05, 3.63) is 0 Å². The van der Waals surface area contributed by atoms with Crippen molar-refractivity contribution in [2.75, 3.05) is 73.5 Å². The number of nitrogens with zero attached hydrogens (tertiary/aromatic N) is 4. The molecule has 0 radical (unpaired) electrons. The van der Waals surface area contributed by atoms with Crippen molar-refractivity contribution in [2.45, 2.75) is 30.9 Å². The maximum Gasteiger partial charge on any atom is 0.410 e. The lowest BCUT2D eigenvalue weighted by atomic mass is 9.91. The van der Waals surface area contributed by atoms with Crippen molar-refractivity contribution in [1.29, 1.82) is 0 Å². The number of hydrogen-bond donors (Lipinski definition) is 1. The first-order valence-electron chi connectivity index (χ1n) is 9.71. The second kappa shape index (κ2) is 8.10. The van der Waals surface area contributed by atoms with E-state index in [9.17, 15) is 9.59 Å². The van der Waals surface area contributed by atoms with Gasteiger partial charge in [-0.05, 0) is 34.1 Å². The summed E-state index contributed by atoms with van der Waals surface area (Å²) in [6.07, 6.45) is 2.47. The zero-order chi connectivity index (χ0) is 18.7. The van der Waals surface area contributed by atoms with Gasteiger partial charge < -0.3 is 24.8 Å². The molecule has 3 rings (SSSR count). The van der Waals surface area contributed by atoms with Crippen LogP contribution in [0.5, 0.6) is 0 Å². The van der Waals surface area contributed by atoms with Gasteiger partial charge in [0.05, 0.1) is 13.1 Å². The summed E-state index contributed by atoms with van der Waals surface area (Å²) >= 11 is 0. The van der Waals surface area contributed by atoms with E-state index >= 15 is 0 Å². The average molecular weight is 367 g/mol. The summed E-state index contributed by atoms with van der Waals surface area (Å²) in [6, 6.07) is 0.617. The fraction of sp³-hybridized carbons (Fsp3) is 0.889. The van der Waals surface area contributed by atoms with Gasteiger partial charge in [-0.15, -0.1) is 0 Å². The van der Waals surface area contributed by atoms with Gasteiger partial charge in [0.1, 0.15) is 5.60 Å². The highest BCUT2D eigenvalue weighted by Crippen LogP contribution is 2.33. The van der Waals surface area contributed by atoms with E-state index in [0.29, 0.717) is 32.2 Å². The van der Waals surface area contributed by atoms with E-state index in [0.717, 1.165) is 39.0 Å². The standard InChI is InChI=1S/C18H33N5O3/c1-19-12-16(24)22-8-5-18(6-9-22)14-23(17(25)26-18)11-10-21-7-4-15(13-21)20(2)3/h15,19H,4-14H2,1-3H3/t15-/m0/s1. The summed E-state index contributed by atoms with van der Waals surface area (Å²) in [6.45, 7) is 6.15. The smallest absolute Gasteiger partial charge is 0.410 e. The molecule has 3 heterocycles. The maximum absolute atomic E-state index is 12.3. The molecule has 0 aromatic carbocycles. The van der Waals surface area contributed by atoms with E-state index < -0.39 is 5.60 Å². The number of rotatable bonds is 6. The van der Waals surface area contributed by atoms with Gasteiger partial charge in [0.2, 0.25) is 5.91 Å². The minimum atomic E-state index is -0.398. The Balaban J connectivity index is 1.45. The van der Waals surface area contributed by atoms with Crippen LogP contribution in [0, 0.1) is 0 Å². The predicted molar refractivity (Wildman–Crippen MR) is 99.1 cm³/mol. The molecule has 1 spiro atoms. The molecule has 3 saturated heterocycles. The Hall–Kier alpha value is -1.38. The minimum Gasteiger partial charge on any atom is -0.441 e. The Labute approximate surface area is 156 Å². The average Bonchev–Trinajstić information content (AvgIpc) is 3.19. The molecule has 0 aliphatic carbocycles. The number of amides is 2. The first-order valence-corrected chi connectivity index (χ1v) is 9.71. The number of piperidine rings is 1. The largest absolute Gasteiger partial charge is 0.441 e. The van der Waals surface area contributed by atoms with Gasteiger partial charge >= 0.3 is 6.09 Å². The van der Waals surface area contributed by atoms with Crippen LogP contribution in [-0.4, -0.2) is 117 Å². The van der Waals surface area contributed by atoms with Crippen molar-refractivity contribution in [3.63, 3.8) is 0 Å². The molecule has 0 unspecified atom stereocenters. The summed E-state index contributed by atoms with van der Waals surface area (Å²) in [4.78, 5) is 32.8. The molecular weight excluding hydrogens is 334 g/mol. The summed E-state index contributed by atoms with van der Waals surface area (Å²) in [5.41, 5.74) is -0.398. The molecule has 8 nitrogen and oxygen atoms in total. The lowest BCUT2D eigenvalue weighted by molar-refractivity contribution is -0.133.